The number of rotatable bonds is 3. The van der Waals surface area contributed by atoms with Gasteiger partial charge in [-0.3, -0.25) is 0 Å². The standard InChI is InChI=1S/C13H15N3O2/c14-16-15-11-8-6-10(7-9-11)13(17)18-12-4-2-1-3-5-12/h6-9,12H,1-5H2. The Morgan fingerprint density at radius 1 is 1.22 bits per heavy atom. The first kappa shape index (κ1) is 12.5. The third-order valence-corrected chi connectivity index (χ3v) is 3.09. The van der Waals surface area contributed by atoms with Crippen LogP contribution in [0.5, 0.6) is 0 Å². The highest BCUT2D eigenvalue weighted by atomic mass is 16.5. The molecule has 1 fully saturated rings. The lowest BCUT2D eigenvalue weighted by Gasteiger charge is -2.21. The average Bonchev–Trinajstić information content (AvgIpc) is 2.41. The molecule has 0 aliphatic heterocycles. The van der Waals surface area contributed by atoms with Crippen molar-refractivity contribution in [1.29, 1.82) is 0 Å². The van der Waals surface area contributed by atoms with Crippen LogP contribution in [0, 0.1) is 0 Å². The molecule has 0 atom stereocenters. The van der Waals surface area contributed by atoms with Gasteiger partial charge in [-0.1, -0.05) is 23.7 Å². The van der Waals surface area contributed by atoms with Crippen LogP contribution in [0.4, 0.5) is 5.69 Å². The van der Waals surface area contributed by atoms with Crippen LogP contribution in [0.2, 0.25) is 0 Å². The SMILES string of the molecule is [N-]=[N+]=Nc1ccc(C(=O)OC2CCCCC2)cc1. The van der Waals surface area contributed by atoms with E-state index in [1.54, 1.807) is 24.3 Å². The zero-order valence-corrected chi connectivity index (χ0v) is 10.1. The van der Waals surface area contributed by atoms with Crippen LogP contribution < -0.4 is 0 Å². The van der Waals surface area contributed by atoms with Crippen LogP contribution in [0.15, 0.2) is 29.4 Å². The molecule has 0 aromatic heterocycles. The number of ether oxygens (including phenoxy) is 1. The highest BCUT2D eigenvalue weighted by Gasteiger charge is 2.18. The van der Waals surface area contributed by atoms with Crippen molar-refractivity contribution in [3.8, 4) is 0 Å². The van der Waals surface area contributed by atoms with E-state index in [-0.39, 0.29) is 12.1 Å². The van der Waals surface area contributed by atoms with Crippen molar-refractivity contribution in [3.05, 3.63) is 40.3 Å². The molecule has 1 aliphatic carbocycles. The molecule has 0 unspecified atom stereocenters. The predicted octanol–water partition coefficient (Wildman–Crippen LogP) is 4.12. The number of nitrogens with zero attached hydrogens (tertiary/aromatic N) is 3. The second-order valence-electron chi connectivity index (χ2n) is 4.40. The molecular formula is C13H15N3O2. The van der Waals surface area contributed by atoms with E-state index in [1.807, 2.05) is 0 Å². The number of hydrogen-bond acceptors (Lipinski definition) is 3. The highest BCUT2D eigenvalue weighted by molar-refractivity contribution is 5.89. The normalized spacial score (nSPS) is 15.8. The van der Waals surface area contributed by atoms with Gasteiger partial charge >= 0.3 is 5.97 Å². The molecule has 5 nitrogen and oxygen atoms in total. The van der Waals surface area contributed by atoms with E-state index in [4.69, 9.17) is 10.3 Å². The molecule has 18 heavy (non-hydrogen) atoms. The first-order valence-electron chi connectivity index (χ1n) is 6.16. The number of esters is 1. The molecule has 0 amide bonds. The number of benzene rings is 1. The van der Waals surface area contributed by atoms with Crippen molar-refractivity contribution >= 4 is 11.7 Å². The average molecular weight is 245 g/mol. The Hall–Kier alpha value is -2.00. The molecule has 2 rings (SSSR count). The Morgan fingerprint density at radius 3 is 2.50 bits per heavy atom. The van der Waals surface area contributed by atoms with Crippen LogP contribution in [-0.2, 0) is 4.74 Å². The van der Waals surface area contributed by atoms with Gasteiger partial charge in [-0.05, 0) is 43.3 Å². The highest BCUT2D eigenvalue weighted by Crippen LogP contribution is 2.22. The van der Waals surface area contributed by atoms with Gasteiger partial charge in [0.15, 0.2) is 0 Å². The van der Waals surface area contributed by atoms with E-state index in [0.717, 1.165) is 25.7 Å². The summed E-state index contributed by atoms with van der Waals surface area (Å²) in [6, 6.07) is 6.46. The lowest BCUT2D eigenvalue weighted by molar-refractivity contribution is 0.0211. The van der Waals surface area contributed by atoms with E-state index in [9.17, 15) is 4.79 Å². The lowest BCUT2D eigenvalue weighted by atomic mass is 9.98. The number of azide groups is 1. The number of carbonyl (C=O) groups is 1. The van der Waals surface area contributed by atoms with Crippen LogP contribution in [0.1, 0.15) is 42.5 Å². The molecule has 1 aromatic rings. The van der Waals surface area contributed by atoms with Crippen LogP contribution >= 0.6 is 0 Å². The fraction of sp³-hybridized carbons (Fsp3) is 0.462. The molecule has 0 N–H and O–H groups in total. The van der Waals surface area contributed by atoms with Gasteiger partial charge < -0.3 is 4.74 Å². The van der Waals surface area contributed by atoms with Gasteiger partial charge in [0.2, 0.25) is 0 Å². The van der Waals surface area contributed by atoms with Crippen molar-refractivity contribution < 1.29 is 9.53 Å². The van der Waals surface area contributed by atoms with Gasteiger partial charge in [0.25, 0.3) is 0 Å². The van der Waals surface area contributed by atoms with Crippen LogP contribution in [0.3, 0.4) is 0 Å². The lowest BCUT2D eigenvalue weighted by Crippen LogP contribution is -2.20. The molecule has 0 saturated heterocycles. The largest absolute Gasteiger partial charge is 0.459 e. The Labute approximate surface area is 105 Å². The summed E-state index contributed by atoms with van der Waals surface area (Å²) in [4.78, 5) is 14.5. The molecule has 1 aromatic carbocycles. The molecule has 0 radical (unpaired) electrons. The van der Waals surface area contributed by atoms with E-state index < -0.39 is 0 Å². The zero-order valence-electron chi connectivity index (χ0n) is 10.1. The summed E-state index contributed by atoms with van der Waals surface area (Å²) in [5.41, 5.74) is 9.27. The molecule has 0 spiro atoms. The molecule has 0 bridgehead atoms. The van der Waals surface area contributed by atoms with Gasteiger partial charge in [-0.25, -0.2) is 4.79 Å². The van der Waals surface area contributed by atoms with Crippen LogP contribution in [-0.4, -0.2) is 12.1 Å². The summed E-state index contributed by atoms with van der Waals surface area (Å²) in [5, 5.41) is 3.45. The fourth-order valence-corrected chi connectivity index (χ4v) is 2.12. The summed E-state index contributed by atoms with van der Waals surface area (Å²) in [5.74, 6) is -0.297. The minimum atomic E-state index is -0.297. The summed E-state index contributed by atoms with van der Waals surface area (Å²) in [7, 11) is 0. The molecule has 1 aliphatic rings. The molecule has 1 saturated carbocycles. The monoisotopic (exact) mass is 245 g/mol. The summed E-state index contributed by atoms with van der Waals surface area (Å²) in [6.07, 6.45) is 5.48. The second kappa shape index (κ2) is 6.07. The maximum atomic E-state index is 11.9. The van der Waals surface area contributed by atoms with E-state index in [1.165, 1.54) is 6.42 Å². The Morgan fingerprint density at radius 2 is 1.89 bits per heavy atom. The van der Waals surface area contributed by atoms with E-state index in [2.05, 4.69) is 10.0 Å². The number of carbonyl (C=O) groups excluding carboxylic acids is 1. The predicted molar refractivity (Wildman–Crippen MR) is 67.5 cm³/mol. The number of hydrogen-bond donors (Lipinski definition) is 0. The summed E-state index contributed by atoms with van der Waals surface area (Å²) < 4.78 is 5.43. The van der Waals surface area contributed by atoms with Crippen molar-refractivity contribution in [1.82, 2.24) is 0 Å². The van der Waals surface area contributed by atoms with E-state index >= 15 is 0 Å². The van der Waals surface area contributed by atoms with Crippen LogP contribution in [0.25, 0.3) is 10.4 Å². The quantitative estimate of drug-likeness (QED) is 0.347. The molecular weight excluding hydrogens is 230 g/mol. The van der Waals surface area contributed by atoms with Gasteiger partial charge in [0.05, 0.1) is 5.56 Å². The van der Waals surface area contributed by atoms with Crippen molar-refractivity contribution in [3.63, 3.8) is 0 Å². The maximum Gasteiger partial charge on any atom is 0.338 e. The van der Waals surface area contributed by atoms with E-state index in [0.29, 0.717) is 11.3 Å². The minimum Gasteiger partial charge on any atom is -0.459 e. The zero-order chi connectivity index (χ0) is 12.8. The van der Waals surface area contributed by atoms with Gasteiger partial charge in [0.1, 0.15) is 6.10 Å². The molecule has 94 valence electrons. The van der Waals surface area contributed by atoms with Gasteiger partial charge in [-0.15, -0.1) is 0 Å². The van der Waals surface area contributed by atoms with Crippen molar-refractivity contribution in [2.24, 2.45) is 5.11 Å². The Kier molecular flexibility index (Phi) is 4.20. The van der Waals surface area contributed by atoms with Gasteiger partial charge in [-0.2, -0.15) is 0 Å². The molecule has 5 heteroatoms. The topological polar surface area (TPSA) is 75.1 Å². The third-order valence-electron chi connectivity index (χ3n) is 3.09. The third kappa shape index (κ3) is 3.25. The maximum absolute atomic E-state index is 11.9. The Bertz CT molecular complexity index is 458. The fourth-order valence-electron chi connectivity index (χ4n) is 2.12. The van der Waals surface area contributed by atoms with Crippen molar-refractivity contribution in [2.75, 3.05) is 0 Å². The summed E-state index contributed by atoms with van der Waals surface area (Å²) >= 11 is 0. The second-order valence-corrected chi connectivity index (χ2v) is 4.40. The minimum absolute atomic E-state index is 0.0584. The molecule has 0 heterocycles. The van der Waals surface area contributed by atoms with Gasteiger partial charge in [0, 0.05) is 10.6 Å². The van der Waals surface area contributed by atoms with Crippen molar-refractivity contribution in [2.45, 2.75) is 38.2 Å². The summed E-state index contributed by atoms with van der Waals surface area (Å²) in [6.45, 7) is 0. The first-order valence-corrected chi connectivity index (χ1v) is 6.16. The smallest absolute Gasteiger partial charge is 0.338 e. The Balaban J connectivity index is 1.97. The first-order chi connectivity index (χ1) is 8.79.